The van der Waals surface area contributed by atoms with Crippen LogP contribution in [0.4, 0.5) is 4.79 Å². The first kappa shape index (κ1) is 26.7. The van der Waals surface area contributed by atoms with Crippen LogP contribution in [0.15, 0.2) is 64.1 Å². The molecule has 1 aliphatic rings. The highest BCUT2D eigenvalue weighted by atomic mass is 16.6. The number of furan rings is 1. The molecule has 4 rings (SSSR count). The van der Waals surface area contributed by atoms with Crippen LogP contribution in [0.5, 0.6) is 5.75 Å². The van der Waals surface area contributed by atoms with E-state index in [-0.39, 0.29) is 24.2 Å². The van der Waals surface area contributed by atoms with E-state index in [4.69, 9.17) is 13.9 Å². The van der Waals surface area contributed by atoms with Crippen LogP contribution in [0.1, 0.15) is 36.4 Å². The van der Waals surface area contributed by atoms with E-state index in [1.165, 1.54) is 18.3 Å². The number of ether oxygens (including phenoxy) is 2. The summed E-state index contributed by atoms with van der Waals surface area (Å²) in [5.74, 6) is -0.138. The van der Waals surface area contributed by atoms with Gasteiger partial charge in [-0.3, -0.25) is 9.59 Å². The maximum atomic E-state index is 13.4. The molecule has 0 spiro atoms. The molecule has 200 valence electrons. The van der Waals surface area contributed by atoms with Crippen LogP contribution in [-0.4, -0.2) is 61.5 Å². The first-order chi connectivity index (χ1) is 18.3. The van der Waals surface area contributed by atoms with Crippen LogP contribution in [-0.2, 0) is 16.0 Å². The number of hydrogen-bond acceptors (Lipinski definition) is 7. The molecule has 38 heavy (non-hydrogen) atoms. The zero-order valence-electron chi connectivity index (χ0n) is 21.7. The molecule has 10 heteroatoms. The van der Waals surface area contributed by atoms with Crippen molar-refractivity contribution in [2.45, 2.75) is 38.8 Å². The average Bonchev–Trinajstić information content (AvgIpc) is 3.53. The number of carbonyl (C=O) groups excluding carboxylic acids is 3. The monoisotopic (exact) mass is 520 g/mol. The number of carbonyl (C=O) groups is 3. The van der Waals surface area contributed by atoms with Gasteiger partial charge >= 0.3 is 6.09 Å². The predicted molar refractivity (Wildman–Crippen MR) is 142 cm³/mol. The lowest BCUT2D eigenvalue weighted by atomic mass is 10.0. The average molecular weight is 521 g/mol. The minimum Gasteiger partial charge on any atom is -0.493 e. The Labute approximate surface area is 221 Å². The first-order valence-corrected chi connectivity index (χ1v) is 12.5. The van der Waals surface area contributed by atoms with Gasteiger partial charge in [-0.05, 0) is 36.5 Å². The smallest absolute Gasteiger partial charge is 0.430 e. The fourth-order valence-electron chi connectivity index (χ4n) is 4.18. The fourth-order valence-corrected chi connectivity index (χ4v) is 4.18. The van der Waals surface area contributed by atoms with Gasteiger partial charge in [0.25, 0.3) is 5.91 Å². The Bertz CT molecular complexity index is 1300. The van der Waals surface area contributed by atoms with Crippen molar-refractivity contribution in [1.29, 1.82) is 0 Å². The molecule has 1 fully saturated rings. The van der Waals surface area contributed by atoms with Crippen LogP contribution in [0.2, 0.25) is 0 Å². The second-order valence-corrected chi connectivity index (χ2v) is 9.45. The van der Waals surface area contributed by atoms with Crippen LogP contribution in [0.25, 0.3) is 11.0 Å². The SMILES string of the molecule is COc1cccc2cc(C(=O)N[C@@H](CC(C)C)C(=O)N[C@H](C=NN3CCOC3=O)Cc3ccccc3)oc12. The number of fused-ring (bicyclic) bond motifs is 1. The third-order valence-corrected chi connectivity index (χ3v) is 6.03. The van der Waals surface area contributed by atoms with Gasteiger partial charge in [-0.1, -0.05) is 56.3 Å². The number of amides is 3. The van der Waals surface area contributed by atoms with Crippen LogP contribution < -0.4 is 15.4 Å². The molecular formula is C28H32N4O6. The topological polar surface area (TPSA) is 122 Å². The number of nitrogens with zero attached hydrogens (tertiary/aromatic N) is 2. The zero-order chi connectivity index (χ0) is 27.1. The lowest BCUT2D eigenvalue weighted by Crippen LogP contribution is -2.51. The predicted octanol–water partition coefficient (Wildman–Crippen LogP) is 3.75. The Balaban J connectivity index is 1.51. The number of hydrogen-bond donors (Lipinski definition) is 2. The minimum absolute atomic E-state index is 0.0843. The highest BCUT2D eigenvalue weighted by molar-refractivity contribution is 5.99. The molecule has 2 N–H and O–H groups in total. The van der Waals surface area contributed by atoms with E-state index in [2.05, 4.69) is 15.7 Å². The van der Waals surface area contributed by atoms with E-state index in [1.54, 1.807) is 12.1 Å². The molecule has 3 amide bonds. The Hall–Kier alpha value is -4.34. The van der Waals surface area contributed by atoms with Gasteiger partial charge in [0.1, 0.15) is 12.6 Å². The summed E-state index contributed by atoms with van der Waals surface area (Å²) in [6, 6.07) is 15.3. The summed E-state index contributed by atoms with van der Waals surface area (Å²) >= 11 is 0. The van der Waals surface area contributed by atoms with Gasteiger partial charge < -0.3 is 24.5 Å². The quantitative estimate of drug-likeness (QED) is 0.371. The van der Waals surface area contributed by atoms with Crippen molar-refractivity contribution in [3.05, 3.63) is 65.9 Å². The number of methoxy groups -OCH3 is 1. The Morgan fingerprint density at radius 2 is 1.92 bits per heavy atom. The van der Waals surface area contributed by atoms with Gasteiger partial charge in [0.15, 0.2) is 17.1 Å². The Morgan fingerprint density at radius 3 is 2.61 bits per heavy atom. The largest absolute Gasteiger partial charge is 0.493 e. The number of cyclic esters (lactones) is 1. The Morgan fingerprint density at radius 1 is 1.13 bits per heavy atom. The van der Waals surface area contributed by atoms with Gasteiger partial charge in [0.05, 0.1) is 19.7 Å². The lowest BCUT2D eigenvalue weighted by molar-refractivity contribution is -0.123. The molecule has 2 heterocycles. The molecule has 3 aromatic rings. The van der Waals surface area contributed by atoms with E-state index < -0.39 is 24.1 Å². The number of rotatable bonds is 11. The van der Waals surface area contributed by atoms with E-state index in [0.29, 0.717) is 30.7 Å². The van der Waals surface area contributed by atoms with Crippen LogP contribution >= 0.6 is 0 Å². The summed E-state index contributed by atoms with van der Waals surface area (Å²) in [6.07, 6.45) is 1.86. The number of para-hydroxylation sites is 1. The summed E-state index contributed by atoms with van der Waals surface area (Å²) in [5, 5.41) is 12.0. The first-order valence-electron chi connectivity index (χ1n) is 12.5. The van der Waals surface area contributed by atoms with E-state index in [1.807, 2.05) is 56.3 Å². The van der Waals surface area contributed by atoms with Crippen molar-refractivity contribution >= 4 is 35.1 Å². The molecule has 0 aliphatic carbocycles. The van der Waals surface area contributed by atoms with Gasteiger partial charge in [-0.2, -0.15) is 10.1 Å². The van der Waals surface area contributed by atoms with Crippen molar-refractivity contribution in [2.75, 3.05) is 20.3 Å². The van der Waals surface area contributed by atoms with Crippen molar-refractivity contribution in [3.63, 3.8) is 0 Å². The van der Waals surface area contributed by atoms with Gasteiger partial charge in [-0.25, -0.2) is 4.79 Å². The van der Waals surface area contributed by atoms with Gasteiger partial charge in [0.2, 0.25) is 5.91 Å². The molecule has 0 bridgehead atoms. The molecule has 0 saturated carbocycles. The molecule has 10 nitrogen and oxygen atoms in total. The zero-order valence-corrected chi connectivity index (χ0v) is 21.7. The fraction of sp³-hybridized carbons (Fsp3) is 0.357. The summed E-state index contributed by atoms with van der Waals surface area (Å²) in [7, 11) is 1.53. The second-order valence-electron chi connectivity index (χ2n) is 9.45. The van der Waals surface area contributed by atoms with Crippen molar-refractivity contribution in [3.8, 4) is 5.75 Å². The number of hydrazone groups is 1. The Kier molecular flexibility index (Phi) is 8.62. The molecule has 2 aromatic carbocycles. The molecule has 1 saturated heterocycles. The highest BCUT2D eigenvalue weighted by Crippen LogP contribution is 2.28. The van der Waals surface area contributed by atoms with E-state index in [9.17, 15) is 14.4 Å². The van der Waals surface area contributed by atoms with E-state index >= 15 is 0 Å². The number of nitrogens with one attached hydrogen (secondary N) is 2. The summed E-state index contributed by atoms with van der Waals surface area (Å²) in [6.45, 7) is 4.55. The molecule has 2 atom stereocenters. The maximum Gasteiger partial charge on any atom is 0.430 e. The minimum atomic E-state index is -0.818. The van der Waals surface area contributed by atoms with Crippen molar-refractivity contribution in [2.24, 2.45) is 11.0 Å². The molecule has 1 aliphatic heterocycles. The van der Waals surface area contributed by atoms with Crippen molar-refractivity contribution < 1.29 is 28.3 Å². The maximum absolute atomic E-state index is 13.4. The van der Waals surface area contributed by atoms with Crippen molar-refractivity contribution in [1.82, 2.24) is 15.6 Å². The molecular weight excluding hydrogens is 488 g/mol. The molecule has 0 unspecified atom stereocenters. The second kappa shape index (κ2) is 12.3. The summed E-state index contributed by atoms with van der Waals surface area (Å²) in [4.78, 5) is 38.3. The van der Waals surface area contributed by atoms with E-state index in [0.717, 1.165) is 10.9 Å². The molecule has 1 aromatic heterocycles. The summed E-state index contributed by atoms with van der Waals surface area (Å²) in [5.41, 5.74) is 1.44. The van der Waals surface area contributed by atoms with Gasteiger partial charge in [0, 0.05) is 11.6 Å². The van der Waals surface area contributed by atoms with Crippen LogP contribution in [0.3, 0.4) is 0 Å². The lowest BCUT2D eigenvalue weighted by Gasteiger charge is -2.23. The third-order valence-electron chi connectivity index (χ3n) is 6.03. The normalized spacial score (nSPS) is 15.1. The summed E-state index contributed by atoms with van der Waals surface area (Å²) < 4.78 is 16.0. The van der Waals surface area contributed by atoms with Gasteiger partial charge in [-0.15, -0.1) is 0 Å². The standard InChI is InChI=1S/C28H32N4O6/c1-18(2)14-22(31-27(34)24-16-20-10-7-11-23(36-3)25(20)38-24)26(33)30-21(15-19-8-5-4-6-9-19)17-29-32-12-13-37-28(32)35/h4-11,16-18,21-22H,12-15H2,1-3H3,(H,30,33)(H,31,34)/t21-,22-/m0/s1. The molecule has 0 radical (unpaired) electrons. The number of benzene rings is 2. The third kappa shape index (κ3) is 6.70. The highest BCUT2D eigenvalue weighted by Gasteiger charge is 2.27. The van der Waals surface area contributed by atoms with Crippen LogP contribution in [0, 0.1) is 5.92 Å².